The van der Waals surface area contributed by atoms with E-state index in [0.29, 0.717) is 6.54 Å². The second kappa shape index (κ2) is 9.37. The zero-order valence-electron chi connectivity index (χ0n) is 16.5. The SMILES string of the molecule is Cc1ccc(Cn2c(SCC(=O)N/N=C\c3ccncc3)nc3ccccc32)cc1. The van der Waals surface area contributed by atoms with E-state index in [1.165, 1.54) is 22.9 Å². The Bertz CT molecular complexity index is 1170. The van der Waals surface area contributed by atoms with Crippen LogP contribution in [0.4, 0.5) is 0 Å². The summed E-state index contributed by atoms with van der Waals surface area (Å²) in [5.74, 6) is 0.0458. The van der Waals surface area contributed by atoms with Gasteiger partial charge in [-0.1, -0.05) is 53.7 Å². The van der Waals surface area contributed by atoms with Crippen molar-refractivity contribution in [3.05, 3.63) is 89.7 Å². The van der Waals surface area contributed by atoms with Crippen LogP contribution < -0.4 is 5.43 Å². The monoisotopic (exact) mass is 415 g/mol. The predicted molar refractivity (Wildman–Crippen MR) is 121 cm³/mol. The molecule has 1 N–H and O–H groups in total. The number of imidazole rings is 1. The number of benzene rings is 2. The second-order valence-electron chi connectivity index (χ2n) is 6.82. The van der Waals surface area contributed by atoms with Gasteiger partial charge >= 0.3 is 0 Å². The summed E-state index contributed by atoms with van der Waals surface area (Å²) in [5, 5.41) is 4.81. The number of amides is 1. The van der Waals surface area contributed by atoms with Crippen LogP contribution in [0.5, 0.6) is 0 Å². The topological polar surface area (TPSA) is 72.2 Å². The first-order valence-corrected chi connectivity index (χ1v) is 10.5. The Balaban J connectivity index is 1.46. The highest BCUT2D eigenvalue weighted by Crippen LogP contribution is 2.25. The molecule has 0 aliphatic carbocycles. The van der Waals surface area contributed by atoms with Crippen LogP contribution in [-0.2, 0) is 11.3 Å². The number of nitrogens with one attached hydrogen (secondary N) is 1. The van der Waals surface area contributed by atoms with Gasteiger partial charge in [-0.25, -0.2) is 10.4 Å². The number of hydrazone groups is 1. The molecule has 0 saturated carbocycles. The van der Waals surface area contributed by atoms with E-state index in [0.717, 1.165) is 21.8 Å². The zero-order valence-corrected chi connectivity index (χ0v) is 17.3. The number of rotatable bonds is 7. The standard InChI is InChI=1S/C23H21N5OS/c1-17-6-8-19(9-7-17)15-28-21-5-3-2-4-20(21)26-23(28)30-16-22(29)27-25-14-18-10-12-24-13-11-18/h2-14H,15-16H2,1H3,(H,27,29)/b25-14-. The third-order valence-corrected chi connectivity index (χ3v) is 5.50. The molecule has 0 fully saturated rings. The molecule has 0 saturated heterocycles. The summed E-state index contributed by atoms with van der Waals surface area (Å²) >= 11 is 1.41. The molecule has 2 heterocycles. The Labute approximate surface area is 179 Å². The van der Waals surface area contributed by atoms with Gasteiger partial charge < -0.3 is 4.57 Å². The van der Waals surface area contributed by atoms with Crippen molar-refractivity contribution in [3.8, 4) is 0 Å². The van der Waals surface area contributed by atoms with Crippen LogP contribution in [0.3, 0.4) is 0 Å². The van der Waals surface area contributed by atoms with Gasteiger partial charge in [0.2, 0.25) is 0 Å². The number of thioether (sulfide) groups is 1. The van der Waals surface area contributed by atoms with E-state index in [1.54, 1.807) is 18.6 Å². The minimum Gasteiger partial charge on any atom is -0.314 e. The highest BCUT2D eigenvalue weighted by atomic mass is 32.2. The molecular weight excluding hydrogens is 394 g/mol. The lowest BCUT2D eigenvalue weighted by Gasteiger charge is -2.09. The van der Waals surface area contributed by atoms with Crippen molar-refractivity contribution in [1.29, 1.82) is 0 Å². The largest absolute Gasteiger partial charge is 0.314 e. The molecule has 1 amide bonds. The molecule has 0 unspecified atom stereocenters. The summed E-state index contributed by atoms with van der Waals surface area (Å²) in [6.45, 7) is 2.78. The fourth-order valence-corrected chi connectivity index (χ4v) is 3.79. The van der Waals surface area contributed by atoms with Crippen molar-refractivity contribution in [2.75, 3.05) is 5.75 Å². The quantitative estimate of drug-likeness (QED) is 0.281. The fraction of sp³-hybridized carbons (Fsp3) is 0.130. The highest BCUT2D eigenvalue weighted by molar-refractivity contribution is 7.99. The van der Waals surface area contributed by atoms with Crippen LogP contribution in [0.2, 0.25) is 0 Å². The molecule has 0 aliphatic heterocycles. The van der Waals surface area contributed by atoms with Gasteiger partial charge in [0, 0.05) is 12.4 Å². The number of carbonyl (C=O) groups is 1. The molecule has 0 spiro atoms. The van der Waals surface area contributed by atoms with Crippen molar-refractivity contribution in [2.45, 2.75) is 18.6 Å². The Morgan fingerprint density at radius 1 is 1.10 bits per heavy atom. The third-order valence-electron chi connectivity index (χ3n) is 4.52. The number of nitrogens with zero attached hydrogens (tertiary/aromatic N) is 4. The van der Waals surface area contributed by atoms with E-state index in [4.69, 9.17) is 4.98 Å². The van der Waals surface area contributed by atoms with Crippen LogP contribution >= 0.6 is 11.8 Å². The molecule has 4 aromatic rings. The summed E-state index contributed by atoms with van der Waals surface area (Å²) in [4.78, 5) is 20.9. The first-order valence-electron chi connectivity index (χ1n) is 9.54. The summed E-state index contributed by atoms with van der Waals surface area (Å²) < 4.78 is 2.15. The van der Waals surface area contributed by atoms with Crippen molar-refractivity contribution in [1.82, 2.24) is 20.0 Å². The Hall–Kier alpha value is -3.45. The molecule has 150 valence electrons. The lowest BCUT2D eigenvalue weighted by molar-refractivity contribution is -0.118. The summed E-state index contributed by atoms with van der Waals surface area (Å²) in [6, 6.07) is 20.1. The average molecular weight is 416 g/mol. The molecule has 30 heavy (non-hydrogen) atoms. The van der Waals surface area contributed by atoms with Gasteiger partial charge in [-0.05, 0) is 42.3 Å². The molecule has 0 radical (unpaired) electrons. The number of hydrogen-bond donors (Lipinski definition) is 1. The van der Waals surface area contributed by atoms with E-state index < -0.39 is 0 Å². The lowest BCUT2D eigenvalue weighted by atomic mass is 10.1. The van der Waals surface area contributed by atoms with Crippen LogP contribution in [0.25, 0.3) is 11.0 Å². The van der Waals surface area contributed by atoms with Crippen molar-refractivity contribution in [2.24, 2.45) is 5.10 Å². The number of pyridine rings is 1. The minimum atomic E-state index is -0.181. The van der Waals surface area contributed by atoms with E-state index >= 15 is 0 Å². The minimum absolute atomic E-state index is 0.181. The molecule has 2 aromatic carbocycles. The molecular formula is C23H21N5OS. The maximum atomic E-state index is 12.2. The van der Waals surface area contributed by atoms with E-state index in [-0.39, 0.29) is 11.7 Å². The molecule has 0 atom stereocenters. The number of aromatic nitrogens is 3. The van der Waals surface area contributed by atoms with Crippen LogP contribution in [0.15, 0.2) is 83.3 Å². The molecule has 0 bridgehead atoms. The summed E-state index contributed by atoms with van der Waals surface area (Å²) in [7, 11) is 0. The van der Waals surface area contributed by atoms with Crippen molar-refractivity contribution >= 4 is 34.9 Å². The fourth-order valence-electron chi connectivity index (χ4n) is 2.98. The molecule has 4 rings (SSSR count). The van der Waals surface area contributed by atoms with Gasteiger partial charge in [-0.3, -0.25) is 9.78 Å². The van der Waals surface area contributed by atoms with Gasteiger partial charge in [0.05, 0.1) is 29.5 Å². The number of fused-ring (bicyclic) bond motifs is 1. The average Bonchev–Trinajstić information content (AvgIpc) is 3.12. The second-order valence-corrected chi connectivity index (χ2v) is 7.76. The van der Waals surface area contributed by atoms with Crippen molar-refractivity contribution in [3.63, 3.8) is 0 Å². The van der Waals surface area contributed by atoms with Crippen molar-refractivity contribution < 1.29 is 4.79 Å². The number of aryl methyl sites for hydroxylation is 1. The van der Waals surface area contributed by atoms with Gasteiger partial charge in [0.25, 0.3) is 5.91 Å². The highest BCUT2D eigenvalue weighted by Gasteiger charge is 2.13. The number of carbonyl (C=O) groups excluding carboxylic acids is 1. The van der Waals surface area contributed by atoms with Gasteiger partial charge in [0.1, 0.15) is 0 Å². The van der Waals surface area contributed by atoms with E-state index in [2.05, 4.69) is 57.3 Å². The van der Waals surface area contributed by atoms with Crippen LogP contribution in [-0.4, -0.2) is 32.4 Å². The third kappa shape index (κ3) is 4.93. The molecule has 0 aliphatic rings. The Kier molecular flexibility index (Phi) is 6.20. The first kappa shape index (κ1) is 19.8. The summed E-state index contributed by atoms with van der Waals surface area (Å²) in [5.41, 5.74) is 7.83. The molecule has 7 heteroatoms. The Morgan fingerprint density at radius 2 is 1.87 bits per heavy atom. The maximum absolute atomic E-state index is 12.2. The smallest absolute Gasteiger partial charge is 0.250 e. The van der Waals surface area contributed by atoms with Crippen LogP contribution in [0, 0.1) is 6.92 Å². The molecule has 2 aromatic heterocycles. The van der Waals surface area contributed by atoms with Gasteiger partial charge in [-0.2, -0.15) is 5.10 Å². The van der Waals surface area contributed by atoms with E-state index in [1.807, 2.05) is 30.3 Å². The Morgan fingerprint density at radius 3 is 2.67 bits per heavy atom. The normalized spacial score (nSPS) is 11.2. The first-order chi connectivity index (χ1) is 14.7. The summed E-state index contributed by atoms with van der Waals surface area (Å²) in [6.07, 6.45) is 4.95. The number of hydrogen-bond acceptors (Lipinski definition) is 5. The van der Waals surface area contributed by atoms with Crippen LogP contribution in [0.1, 0.15) is 16.7 Å². The maximum Gasteiger partial charge on any atom is 0.250 e. The molecule has 6 nitrogen and oxygen atoms in total. The predicted octanol–water partition coefficient (Wildman–Crippen LogP) is 4.03. The van der Waals surface area contributed by atoms with Gasteiger partial charge in [-0.15, -0.1) is 0 Å². The van der Waals surface area contributed by atoms with Gasteiger partial charge in [0.15, 0.2) is 5.16 Å². The number of para-hydroxylation sites is 2. The van der Waals surface area contributed by atoms with E-state index in [9.17, 15) is 4.79 Å². The zero-order chi connectivity index (χ0) is 20.8. The lowest BCUT2D eigenvalue weighted by Crippen LogP contribution is -2.20.